The quantitative estimate of drug-likeness (QED) is 0.874. The van der Waals surface area contributed by atoms with E-state index in [-0.39, 0.29) is 5.41 Å². The molecule has 0 bridgehead atoms. The molecule has 0 spiro atoms. The zero-order valence-electron chi connectivity index (χ0n) is 10.5. The highest BCUT2D eigenvalue weighted by Gasteiger charge is 2.35. The molecule has 0 radical (unpaired) electrons. The fourth-order valence-corrected chi connectivity index (χ4v) is 3.29. The average Bonchev–Trinajstić information content (AvgIpc) is 2.76. The lowest BCUT2D eigenvalue weighted by molar-refractivity contribution is -0.139. The molecule has 0 aliphatic heterocycles. The lowest BCUT2D eigenvalue weighted by Crippen LogP contribution is -2.21. The maximum absolute atomic E-state index is 11.0. The van der Waals surface area contributed by atoms with Crippen molar-refractivity contribution in [2.75, 3.05) is 0 Å². The van der Waals surface area contributed by atoms with Crippen molar-refractivity contribution in [3.05, 3.63) is 34.3 Å². The summed E-state index contributed by atoms with van der Waals surface area (Å²) in [6.45, 7) is 0. The highest BCUT2D eigenvalue weighted by molar-refractivity contribution is 9.10. The van der Waals surface area contributed by atoms with Crippen LogP contribution in [0.15, 0.2) is 28.7 Å². The van der Waals surface area contributed by atoms with E-state index >= 15 is 0 Å². The zero-order valence-corrected chi connectivity index (χ0v) is 12.1. The molecule has 2 rings (SSSR count). The van der Waals surface area contributed by atoms with E-state index in [2.05, 4.69) is 28.1 Å². The number of halogens is 1. The summed E-state index contributed by atoms with van der Waals surface area (Å²) in [4.78, 5) is 11.0. The number of aryl methyl sites for hydroxylation is 1. The average molecular weight is 311 g/mol. The van der Waals surface area contributed by atoms with Crippen molar-refractivity contribution in [1.29, 1.82) is 0 Å². The molecule has 1 fully saturated rings. The molecule has 1 aliphatic carbocycles. The maximum Gasteiger partial charge on any atom is 0.303 e. The number of rotatable bonds is 5. The summed E-state index contributed by atoms with van der Waals surface area (Å²) in [5.74, 6) is -0.646. The molecule has 98 valence electrons. The van der Waals surface area contributed by atoms with Gasteiger partial charge in [0.05, 0.1) is 6.42 Å². The molecule has 0 aromatic heterocycles. The van der Waals surface area contributed by atoms with Crippen LogP contribution in [0.5, 0.6) is 0 Å². The molecule has 0 unspecified atom stereocenters. The Bertz CT molecular complexity index is 405. The summed E-state index contributed by atoms with van der Waals surface area (Å²) in [7, 11) is 0. The van der Waals surface area contributed by atoms with E-state index in [1.54, 1.807) is 0 Å². The van der Waals surface area contributed by atoms with E-state index in [1.165, 1.54) is 18.4 Å². The lowest BCUT2D eigenvalue weighted by Gasteiger charge is -2.27. The Morgan fingerprint density at radius 1 is 1.22 bits per heavy atom. The van der Waals surface area contributed by atoms with Crippen LogP contribution in [0, 0.1) is 5.41 Å². The van der Waals surface area contributed by atoms with Gasteiger partial charge in [0.2, 0.25) is 0 Å². The molecule has 0 saturated heterocycles. The van der Waals surface area contributed by atoms with Crippen LogP contribution in [-0.4, -0.2) is 11.1 Å². The monoisotopic (exact) mass is 310 g/mol. The van der Waals surface area contributed by atoms with Crippen molar-refractivity contribution in [1.82, 2.24) is 0 Å². The fraction of sp³-hybridized carbons (Fsp3) is 0.533. The van der Waals surface area contributed by atoms with Gasteiger partial charge in [-0.2, -0.15) is 0 Å². The van der Waals surface area contributed by atoms with Gasteiger partial charge >= 0.3 is 5.97 Å². The van der Waals surface area contributed by atoms with Crippen molar-refractivity contribution >= 4 is 21.9 Å². The highest BCUT2D eigenvalue weighted by atomic mass is 79.9. The normalized spacial score (nSPS) is 17.8. The van der Waals surface area contributed by atoms with Gasteiger partial charge in [-0.1, -0.05) is 40.9 Å². The summed E-state index contributed by atoms with van der Waals surface area (Å²) in [6.07, 6.45) is 6.86. The zero-order chi connectivity index (χ0) is 13.0. The fourth-order valence-electron chi connectivity index (χ4n) is 3.02. The molecule has 0 amide bonds. The summed E-state index contributed by atoms with van der Waals surface area (Å²) in [5, 5.41) is 9.07. The first-order chi connectivity index (χ1) is 8.60. The van der Waals surface area contributed by atoms with Gasteiger partial charge in [-0.15, -0.1) is 0 Å². The summed E-state index contributed by atoms with van der Waals surface area (Å²) < 4.78 is 1.09. The van der Waals surface area contributed by atoms with Crippen molar-refractivity contribution in [3.63, 3.8) is 0 Å². The number of hydrogen-bond donors (Lipinski definition) is 1. The molecule has 1 aromatic carbocycles. The Morgan fingerprint density at radius 3 is 2.39 bits per heavy atom. The van der Waals surface area contributed by atoms with Crippen molar-refractivity contribution in [2.45, 2.75) is 44.9 Å². The van der Waals surface area contributed by atoms with Crippen LogP contribution in [0.1, 0.15) is 44.1 Å². The summed E-state index contributed by atoms with van der Waals surface area (Å²) in [5.41, 5.74) is 1.36. The van der Waals surface area contributed by atoms with E-state index in [0.29, 0.717) is 6.42 Å². The largest absolute Gasteiger partial charge is 0.481 e. The highest BCUT2D eigenvalue weighted by Crippen LogP contribution is 2.44. The molecule has 0 atom stereocenters. The molecule has 18 heavy (non-hydrogen) atoms. The van der Waals surface area contributed by atoms with E-state index in [0.717, 1.165) is 30.2 Å². The van der Waals surface area contributed by atoms with Gasteiger partial charge in [0.1, 0.15) is 0 Å². The van der Waals surface area contributed by atoms with Crippen LogP contribution in [0.4, 0.5) is 0 Å². The minimum absolute atomic E-state index is 0.0545. The lowest BCUT2D eigenvalue weighted by atomic mass is 9.78. The molecule has 1 aromatic rings. The minimum atomic E-state index is -0.646. The van der Waals surface area contributed by atoms with E-state index < -0.39 is 5.97 Å². The van der Waals surface area contributed by atoms with Crippen molar-refractivity contribution in [3.8, 4) is 0 Å². The number of benzene rings is 1. The molecule has 2 nitrogen and oxygen atoms in total. The van der Waals surface area contributed by atoms with E-state index in [1.807, 2.05) is 12.1 Å². The third-order valence-electron chi connectivity index (χ3n) is 4.05. The van der Waals surface area contributed by atoms with Gasteiger partial charge in [0, 0.05) is 4.47 Å². The third kappa shape index (κ3) is 3.58. The molecule has 1 aliphatic rings. The van der Waals surface area contributed by atoms with Gasteiger partial charge < -0.3 is 5.11 Å². The second-order valence-electron chi connectivity index (χ2n) is 5.40. The Balaban J connectivity index is 1.97. The van der Waals surface area contributed by atoms with Crippen molar-refractivity contribution < 1.29 is 9.90 Å². The van der Waals surface area contributed by atoms with Crippen LogP contribution >= 0.6 is 15.9 Å². The number of aliphatic carboxylic acids is 1. The van der Waals surface area contributed by atoms with Crippen LogP contribution < -0.4 is 0 Å². The minimum Gasteiger partial charge on any atom is -0.481 e. The second kappa shape index (κ2) is 5.87. The predicted octanol–water partition coefficient (Wildman–Crippen LogP) is 4.42. The molecular weight excluding hydrogens is 292 g/mol. The van der Waals surface area contributed by atoms with Gasteiger partial charge in [0.15, 0.2) is 0 Å². The smallest absolute Gasteiger partial charge is 0.303 e. The van der Waals surface area contributed by atoms with Gasteiger partial charge in [0.25, 0.3) is 0 Å². The van der Waals surface area contributed by atoms with Gasteiger partial charge in [-0.3, -0.25) is 4.79 Å². The van der Waals surface area contributed by atoms with Crippen LogP contribution in [0.3, 0.4) is 0 Å². The van der Waals surface area contributed by atoms with E-state index in [9.17, 15) is 4.79 Å². The Labute approximate surface area is 117 Å². The number of carboxylic acid groups (broad SMARTS) is 1. The Morgan fingerprint density at radius 2 is 1.83 bits per heavy atom. The molecule has 0 heterocycles. The molecular formula is C15H19BrO2. The van der Waals surface area contributed by atoms with Crippen LogP contribution in [0.25, 0.3) is 0 Å². The Kier molecular flexibility index (Phi) is 4.44. The maximum atomic E-state index is 11.0. The van der Waals surface area contributed by atoms with Crippen LogP contribution in [0.2, 0.25) is 0 Å². The SMILES string of the molecule is O=C(O)CC1(CCc2ccc(Br)cc2)CCCC1. The number of hydrogen-bond acceptors (Lipinski definition) is 1. The molecule has 1 N–H and O–H groups in total. The standard InChI is InChI=1S/C15H19BrO2/c16-13-5-3-12(4-6-13)7-10-15(11-14(17)18)8-1-2-9-15/h3-6H,1-2,7-11H2,(H,17,18). The first kappa shape index (κ1) is 13.6. The first-order valence-electron chi connectivity index (χ1n) is 6.56. The van der Waals surface area contributed by atoms with Crippen LogP contribution in [-0.2, 0) is 11.2 Å². The summed E-state index contributed by atoms with van der Waals surface area (Å²) >= 11 is 3.43. The van der Waals surface area contributed by atoms with Crippen molar-refractivity contribution in [2.24, 2.45) is 5.41 Å². The number of carbonyl (C=O) groups is 1. The first-order valence-corrected chi connectivity index (χ1v) is 7.35. The van der Waals surface area contributed by atoms with Gasteiger partial charge in [-0.05, 0) is 48.8 Å². The van der Waals surface area contributed by atoms with E-state index in [4.69, 9.17) is 5.11 Å². The predicted molar refractivity (Wildman–Crippen MR) is 75.6 cm³/mol. The second-order valence-corrected chi connectivity index (χ2v) is 6.32. The summed E-state index contributed by atoms with van der Waals surface area (Å²) in [6, 6.07) is 8.34. The molecule has 1 saturated carbocycles. The van der Waals surface area contributed by atoms with Gasteiger partial charge in [-0.25, -0.2) is 0 Å². The third-order valence-corrected chi connectivity index (χ3v) is 4.58. The number of carboxylic acids is 1. The molecule has 3 heteroatoms. The Hall–Kier alpha value is -0.830. The topological polar surface area (TPSA) is 37.3 Å².